The lowest BCUT2D eigenvalue weighted by Gasteiger charge is -2.37. The fourth-order valence-corrected chi connectivity index (χ4v) is 4.11. The molecule has 0 spiro atoms. The summed E-state index contributed by atoms with van der Waals surface area (Å²) in [7, 11) is 0. The summed E-state index contributed by atoms with van der Waals surface area (Å²) in [5.41, 5.74) is 4.54. The molecule has 1 saturated heterocycles. The van der Waals surface area contributed by atoms with E-state index in [9.17, 15) is 4.39 Å². The van der Waals surface area contributed by atoms with E-state index >= 15 is 0 Å². The van der Waals surface area contributed by atoms with Gasteiger partial charge in [-0.2, -0.15) is 4.98 Å². The monoisotopic (exact) mass is 464 g/mol. The van der Waals surface area contributed by atoms with E-state index in [2.05, 4.69) is 37.9 Å². The Bertz CT molecular complexity index is 1170. The maximum absolute atomic E-state index is 13.2. The standard InChI is InChI=1S/C25H26ClFN6/c1-4-23(21-10-5-18(26)16-22(21)28-3)32-11-13-33(14-12-32)25-29-17(2)15-24(31-25)30-20-8-6-19(27)7-9-20/h4-10,15-16H,3,11-14H2,1-2H3,(H,29,30,31)/b23-4+. The lowest BCUT2D eigenvalue weighted by Crippen LogP contribution is -2.46. The van der Waals surface area contributed by atoms with E-state index in [1.807, 2.05) is 38.1 Å². The summed E-state index contributed by atoms with van der Waals surface area (Å²) < 4.78 is 13.2. The second-order valence-corrected chi connectivity index (χ2v) is 8.23. The Balaban J connectivity index is 1.48. The number of aromatic nitrogens is 2. The maximum atomic E-state index is 13.2. The maximum Gasteiger partial charge on any atom is 0.227 e. The molecule has 1 aromatic heterocycles. The highest BCUT2D eigenvalue weighted by Gasteiger charge is 2.23. The highest BCUT2D eigenvalue weighted by atomic mass is 35.5. The molecule has 0 amide bonds. The number of allylic oxidation sites excluding steroid dienone is 1. The summed E-state index contributed by atoms with van der Waals surface area (Å²) in [5.74, 6) is 1.10. The van der Waals surface area contributed by atoms with Crippen molar-refractivity contribution in [2.75, 3.05) is 36.4 Å². The molecule has 1 fully saturated rings. The molecule has 0 aliphatic carbocycles. The average molecular weight is 465 g/mol. The van der Waals surface area contributed by atoms with E-state index in [-0.39, 0.29) is 5.82 Å². The first-order valence-electron chi connectivity index (χ1n) is 10.8. The Kier molecular flexibility index (Phi) is 6.89. The highest BCUT2D eigenvalue weighted by molar-refractivity contribution is 6.30. The zero-order valence-electron chi connectivity index (χ0n) is 18.7. The SMILES string of the molecule is C=Nc1cc(Cl)ccc1/C(=C\C)N1CCN(c2nc(C)cc(Nc3ccc(F)cc3)n2)CC1. The molecule has 1 aliphatic heterocycles. The predicted octanol–water partition coefficient (Wildman–Crippen LogP) is 5.84. The van der Waals surface area contributed by atoms with Crippen molar-refractivity contribution in [2.45, 2.75) is 13.8 Å². The quantitative estimate of drug-likeness (QED) is 0.465. The Morgan fingerprint density at radius 1 is 1.09 bits per heavy atom. The molecule has 8 heteroatoms. The van der Waals surface area contributed by atoms with Crippen LogP contribution in [0.4, 0.5) is 27.5 Å². The van der Waals surface area contributed by atoms with Crippen LogP contribution in [-0.4, -0.2) is 47.8 Å². The highest BCUT2D eigenvalue weighted by Crippen LogP contribution is 2.32. The van der Waals surface area contributed by atoms with Gasteiger partial charge in [0, 0.05) is 59.9 Å². The third kappa shape index (κ3) is 5.31. The fourth-order valence-electron chi connectivity index (χ4n) is 3.95. The van der Waals surface area contributed by atoms with Crippen LogP contribution in [0.15, 0.2) is 59.6 Å². The number of piperazine rings is 1. The van der Waals surface area contributed by atoms with Crippen LogP contribution in [-0.2, 0) is 0 Å². The van der Waals surface area contributed by atoms with Crippen LogP contribution in [0.25, 0.3) is 5.70 Å². The van der Waals surface area contributed by atoms with Gasteiger partial charge in [-0.1, -0.05) is 17.7 Å². The minimum Gasteiger partial charge on any atom is -0.368 e. The van der Waals surface area contributed by atoms with Gasteiger partial charge in [-0.05, 0) is 63.0 Å². The lowest BCUT2D eigenvalue weighted by atomic mass is 10.1. The molecule has 6 nitrogen and oxygen atoms in total. The third-order valence-electron chi connectivity index (χ3n) is 5.54. The second kappa shape index (κ2) is 10.0. The van der Waals surface area contributed by atoms with Crippen LogP contribution in [0.2, 0.25) is 5.02 Å². The number of hydrogen-bond donors (Lipinski definition) is 1. The van der Waals surface area contributed by atoms with Crippen molar-refractivity contribution in [1.82, 2.24) is 14.9 Å². The Morgan fingerprint density at radius 2 is 1.82 bits per heavy atom. The van der Waals surface area contributed by atoms with Gasteiger partial charge < -0.3 is 15.1 Å². The van der Waals surface area contributed by atoms with Crippen LogP contribution in [0.3, 0.4) is 0 Å². The van der Waals surface area contributed by atoms with Gasteiger partial charge in [0.05, 0.1) is 5.69 Å². The van der Waals surface area contributed by atoms with Crippen molar-refractivity contribution >= 4 is 47.2 Å². The van der Waals surface area contributed by atoms with Crippen LogP contribution in [0.5, 0.6) is 0 Å². The summed E-state index contributed by atoms with van der Waals surface area (Å²) >= 11 is 6.14. The van der Waals surface area contributed by atoms with E-state index in [4.69, 9.17) is 16.6 Å². The summed E-state index contributed by atoms with van der Waals surface area (Å²) in [6, 6.07) is 13.8. The van der Waals surface area contributed by atoms with Crippen molar-refractivity contribution in [3.05, 3.63) is 76.7 Å². The smallest absolute Gasteiger partial charge is 0.227 e. The van der Waals surface area contributed by atoms with Gasteiger partial charge in [0.2, 0.25) is 5.95 Å². The van der Waals surface area contributed by atoms with Gasteiger partial charge >= 0.3 is 0 Å². The van der Waals surface area contributed by atoms with E-state index in [0.29, 0.717) is 16.8 Å². The molecule has 33 heavy (non-hydrogen) atoms. The summed E-state index contributed by atoms with van der Waals surface area (Å²) in [4.78, 5) is 18.0. The van der Waals surface area contributed by atoms with Crippen LogP contribution >= 0.6 is 11.6 Å². The average Bonchev–Trinajstić information content (AvgIpc) is 2.82. The van der Waals surface area contributed by atoms with Crippen molar-refractivity contribution in [2.24, 2.45) is 4.99 Å². The fraction of sp³-hybridized carbons (Fsp3) is 0.240. The zero-order valence-corrected chi connectivity index (χ0v) is 19.5. The molecular weight excluding hydrogens is 439 g/mol. The van der Waals surface area contributed by atoms with E-state index in [1.165, 1.54) is 12.1 Å². The van der Waals surface area contributed by atoms with Crippen LogP contribution in [0, 0.1) is 12.7 Å². The molecule has 0 unspecified atom stereocenters. The van der Waals surface area contributed by atoms with Gasteiger partial charge in [0.25, 0.3) is 0 Å². The Labute approximate surface area is 198 Å². The molecule has 4 rings (SSSR count). The van der Waals surface area contributed by atoms with E-state index in [0.717, 1.165) is 54.5 Å². The first-order chi connectivity index (χ1) is 16.0. The predicted molar refractivity (Wildman–Crippen MR) is 135 cm³/mol. The number of nitrogens with one attached hydrogen (secondary N) is 1. The summed E-state index contributed by atoms with van der Waals surface area (Å²) in [6.45, 7) is 10.9. The molecule has 2 aromatic carbocycles. The van der Waals surface area contributed by atoms with Crippen molar-refractivity contribution in [3.8, 4) is 0 Å². The zero-order chi connectivity index (χ0) is 23.4. The van der Waals surface area contributed by atoms with Crippen molar-refractivity contribution in [1.29, 1.82) is 0 Å². The third-order valence-corrected chi connectivity index (χ3v) is 5.78. The van der Waals surface area contributed by atoms with Gasteiger partial charge in [-0.25, -0.2) is 9.37 Å². The number of anilines is 3. The van der Waals surface area contributed by atoms with Gasteiger partial charge in [-0.3, -0.25) is 4.99 Å². The second-order valence-electron chi connectivity index (χ2n) is 7.79. The summed E-state index contributed by atoms with van der Waals surface area (Å²) in [5, 5.41) is 3.88. The molecule has 0 bridgehead atoms. The van der Waals surface area contributed by atoms with Crippen LogP contribution in [0.1, 0.15) is 18.2 Å². The molecule has 1 aliphatic rings. The normalized spacial score (nSPS) is 14.4. The number of halogens is 2. The van der Waals surface area contributed by atoms with Crippen molar-refractivity contribution < 1.29 is 4.39 Å². The molecule has 2 heterocycles. The topological polar surface area (TPSA) is 56.6 Å². The first kappa shape index (κ1) is 22.7. The number of aryl methyl sites for hydroxylation is 1. The Hall–Kier alpha value is -3.45. The number of rotatable bonds is 6. The van der Waals surface area contributed by atoms with E-state index < -0.39 is 0 Å². The Morgan fingerprint density at radius 3 is 2.48 bits per heavy atom. The largest absolute Gasteiger partial charge is 0.368 e. The number of benzene rings is 2. The molecule has 0 atom stereocenters. The minimum absolute atomic E-state index is 0.270. The van der Waals surface area contributed by atoms with Gasteiger partial charge in [-0.15, -0.1) is 0 Å². The number of nitrogens with zero attached hydrogens (tertiary/aromatic N) is 5. The van der Waals surface area contributed by atoms with Gasteiger partial charge in [0.15, 0.2) is 0 Å². The molecule has 0 radical (unpaired) electrons. The molecule has 1 N–H and O–H groups in total. The lowest BCUT2D eigenvalue weighted by molar-refractivity contribution is 0.364. The number of aliphatic imine (C=N–C) groups is 1. The molecule has 3 aromatic rings. The minimum atomic E-state index is -0.270. The summed E-state index contributed by atoms with van der Waals surface area (Å²) in [6.07, 6.45) is 2.10. The molecule has 170 valence electrons. The van der Waals surface area contributed by atoms with E-state index in [1.54, 1.807) is 12.1 Å². The number of hydrogen-bond acceptors (Lipinski definition) is 6. The first-order valence-corrected chi connectivity index (χ1v) is 11.2. The van der Waals surface area contributed by atoms with Crippen molar-refractivity contribution in [3.63, 3.8) is 0 Å². The molecular formula is C25H26ClFN6. The molecule has 0 saturated carbocycles. The van der Waals surface area contributed by atoms with Crippen LogP contribution < -0.4 is 10.2 Å². The van der Waals surface area contributed by atoms with Gasteiger partial charge in [0.1, 0.15) is 11.6 Å².